The van der Waals surface area contributed by atoms with Gasteiger partial charge in [-0.3, -0.25) is 4.90 Å². The zero-order valence-corrected chi connectivity index (χ0v) is 12.3. The van der Waals surface area contributed by atoms with Crippen molar-refractivity contribution in [2.45, 2.75) is 25.8 Å². The summed E-state index contributed by atoms with van der Waals surface area (Å²) < 4.78 is 1.38. The van der Waals surface area contributed by atoms with Gasteiger partial charge in [0.2, 0.25) is 0 Å². The highest BCUT2D eigenvalue weighted by Crippen LogP contribution is 2.34. The maximum absolute atomic E-state index is 6.09. The minimum absolute atomic E-state index is 0.388. The molecule has 2 atom stereocenters. The fourth-order valence-corrected chi connectivity index (χ4v) is 4.25. The predicted octanol–water partition coefficient (Wildman–Crippen LogP) is 3.63. The van der Waals surface area contributed by atoms with Gasteiger partial charge in [0, 0.05) is 23.8 Å². The van der Waals surface area contributed by atoms with Crippen LogP contribution in [0.3, 0.4) is 0 Å². The normalized spacial score (nSPS) is 22.7. The third-order valence-electron chi connectivity index (χ3n) is 4.22. The maximum atomic E-state index is 6.09. The second-order valence-corrected chi connectivity index (χ2v) is 6.59. The molecule has 2 nitrogen and oxygen atoms in total. The van der Waals surface area contributed by atoms with E-state index in [4.69, 9.17) is 5.73 Å². The molecule has 0 bridgehead atoms. The van der Waals surface area contributed by atoms with Gasteiger partial charge in [0.25, 0.3) is 0 Å². The highest BCUT2D eigenvalue weighted by molar-refractivity contribution is 7.17. The van der Waals surface area contributed by atoms with Crippen LogP contribution in [0.2, 0.25) is 0 Å². The van der Waals surface area contributed by atoms with Crippen LogP contribution in [0.15, 0.2) is 29.6 Å². The van der Waals surface area contributed by atoms with Gasteiger partial charge in [-0.05, 0) is 47.7 Å². The summed E-state index contributed by atoms with van der Waals surface area (Å²) in [5.41, 5.74) is 7.52. The number of fused-ring (bicyclic) bond motifs is 1. The number of piperidine rings is 1. The molecule has 1 aliphatic heterocycles. The minimum atomic E-state index is 0.388. The zero-order chi connectivity index (χ0) is 13.2. The molecule has 2 heterocycles. The van der Waals surface area contributed by atoms with Crippen LogP contribution in [0.25, 0.3) is 10.1 Å². The van der Waals surface area contributed by atoms with Gasteiger partial charge in [0.15, 0.2) is 0 Å². The number of hydrogen-bond acceptors (Lipinski definition) is 3. The third kappa shape index (κ3) is 2.55. The van der Waals surface area contributed by atoms with E-state index in [2.05, 4.69) is 41.5 Å². The van der Waals surface area contributed by atoms with Crippen LogP contribution in [0.1, 0.15) is 31.4 Å². The third-order valence-corrected chi connectivity index (χ3v) is 5.20. The monoisotopic (exact) mass is 274 g/mol. The summed E-state index contributed by atoms with van der Waals surface area (Å²) >= 11 is 1.84. The SMILES string of the molecule is CC1CCCN(C(CN)c2csc3ccccc23)C1. The van der Waals surface area contributed by atoms with E-state index in [9.17, 15) is 0 Å². The average Bonchev–Trinajstić information content (AvgIpc) is 2.84. The Labute approximate surface area is 119 Å². The molecular weight excluding hydrogens is 252 g/mol. The lowest BCUT2D eigenvalue weighted by molar-refractivity contribution is 0.134. The first kappa shape index (κ1) is 13.1. The smallest absolute Gasteiger partial charge is 0.0484 e. The summed E-state index contributed by atoms with van der Waals surface area (Å²) in [5.74, 6) is 0.799. The largest absolute Gasteiger partial charge is 0.329 e. The van der Waals surface area contributed by atoms with Gasteiger partial charge in [0.1, 0.15) is 0 Å². The van der Waals surface area contributed by atoms with E-state index in [1.165, 1.54) is 41.6 Å². The van der Waals surface area contributed by atoms with Gasteiger partial charge in [-0.15, -0.1) is 11.3 Å². The summed E-state index contributed by atoms with van der Waals surface area (Å²) in [6.45, 7) is 5.45. The number of nitrogens with zero attached hydrogens (tertiary/aromatic N) is 1. The van der Waals surface area contributed by atoms with Crippen LogP contribution in [-0.2, 0) is 0 Å². The van der Waals surface area contributed by atoms with Crippen LogP contribution < -0.4 is 5.73 Å². The lowest BCUT2D eigenvalue weighted by Crippen LogP contribution is -2.40. The van der Waals surface area contributed by atoms with E-state index in [0.29, 0.717) is 12.6 Å². The number of thiophene rings is 1. The molecule has 2 N–H and O–H groups in total. The topological polar surface area (TPSA) is 29.3 Å². The van der Waals surface area contributed by atoms with Gasteiger partial charge in [-0.1, -0.05) is 25.1 Å². The van der Waals surface area contributed by atoms with Crippen molar-refractivity contribution in [3.8, 4) is 0 Å². The van der Waals surface area contributed by atoms with Gasteiger partial charge in [-0.2, -0.15) is 0 Å². The molecule has 3 rings (SSSR count). The van der Waals surface area contributed by atoms with Crippen molar-refractivity contribution in [1.82, 2.24) is 4.90 Å². The maximum Gasteiger partial charge on any atom is 0.0484 e. The number of nitrogens with two attached hydrogens (primary N) is 1. The summed E-state index contributed by atoms with van der Waals surface area (Å²) in [6.07, 6.45) is 2.66. The molecular formula is C16H22N2S. The molecule has 3 heteroatoms. The van der Waals surface area contributed by atoms with E-state index in [0.717, 1.165) is 5.92 Å². The summed E-state index contributed by atoms with van der Waals surface area (Å²) in [6, 6.07) is 9.07. The first-order valence-corrected chi connectivity index (χ1v) is 8.08. The van der Waals surface area contributed by atoms with Crippen molar-refractivity contribution < 1.29 is 0 Å². The fraction of sp³-hybridized carbons (Fsp3) is 0.500. The lowest BCUT2D eigenvalue weighted by Gasteiger charge is -2.36. The van der Waals surface area contributed by atoms with E-state index < -0.39 is 0 Å². The predicted molar refractivity (Wildman–Crippen MR) is 83.6 cm³/mol. The Kier molecular flexibility index (Phi) is 3.87. The number of benzene rings is 1. The number of hydrogen-bond donors (Lipinski definition) is 1. The van der Waals surface area contributed by atoms with Crippen LogP contribution in [0, 0.1) is 5.92 Å². The zero-order valence-electron chi connectivity index (χ0n) is 11.5. The molecule has 102 valence electrons. The molecule has 0 aliphatic carbocycles. The van der Waals surface area contributed by atoms with Gasteiger partial charge in [0.05, 0.1) is 0 Å². The minimum Gasteiger partial charge on any atom is -0.329 e. The molecule has 2 unspecified atom stereocenters. The van der Waals surface area contributed by atoms with Gasteiger partial charge < -0.3 is 5.73 Å². The van der Waals surface area contributed by atoms with Crippen molar-refractivity contribution >= 4 is 21.4 Å². The Morgan fingerprint density at radius 3 is 3.05 bits per heavy atom. The highest BCUT2D eigenvalue weighted by atomic mass is 32.1. The van der Waals surface area contributed by atoms with E-state index in [1.807, 2.05) is 11.3 Å². The number of likely N-dealkylation sites (tertiary alicyclic amines) is 1. The second-order valence-electron chi connectivity index (χ2n) is 5.68. The van der Waals surface area contributed by atoms with E-state index in [1.54, 1.807) is 0 Å². The molecule has 1 fully saturated rings. The molecule has 1 aromatic carbocycles. The van der Waals surface area contributed by atoms with Gasteiger partial charge >= 0.3 is 0 Å². The Morgan fingerprint density at radius 1 is 1.42 bits per heavy atom. The molecule has 0 spiro atoms. The lowest BCUT2D eigenvalue weighted by atomic mass is 9.96. The quantitative estimate of drug-likeness (QED) is 0.926. The van der Waals surface area contributed by atoms with E-state index >= 15 is 0 Å². The summed E-state index contributed by atoms with van der Waals surface area (Å²) in [5, 5.41) is 3.70. The first-order valence-electron chi connectivity index (χ1n) is 7.20. The Hall–Kier alpha value is -0.900. The summed E-state index contributed by atoms with van der Waals surface area (Å²) in [4.78, 5) is 2.59. The molecule has 2 aromatic rings. The standard InChI is InChI=1S/C16H22N2S/c1-12-5-4-8-18(10-12)15(9-17)14-11-19-16-7-3-2-6-13(14)16/h2-3,6-7,11-12,15H,4-5,8-10,17H2,1H3. The Bertz CT molecular complexity index is 548. The Balaban J connectivity index is 1.93. The highest BCUT2D eigenvalue weighted by Gasteiger charge is 2.25. The molecule has 1 aromatic heterocycles. The van der Waals surface area contributed by atoms with Crippen molar-refractivity contribution in [1.29, 1.82) is 0 Å². The van der Waals surface area contributed by atoms with Crippen molar-refractivity contribution in [3.63, 3.8) is 0 Å². The fourth-order valence-electron chi connectivity index (χ4n) is 3.24. The average molecular weight is 274 g/mol. The molecule has 19 heavy (non-hydrogen) atoms. The molecule has 0 amide bonds. The van der Waals surface area contributed by atoms with Crippen LogP contribution >= 0.6 is 11.3 Å². The van der Waals surface area contributed by atoms with Crippen LogP contribution in [0.5, 0.6) is 0 Å². The van der Waals surface area contributed by atoms with Crippen LogP contribution in [0.4, 0.5) is 0 Å². The Morgan fingerprint density at radius 2 is 2.26 bits per heavy atom. The second kappa shape index (κ2) is 5.61. The molecule has 1 aliphatic rings. The van der Waals surface area contributed by atoms with Crippen molar-refractivity contribution in [2.75, 3.05) is 19.6 Å². The molecule has 1 saturated heterocycles. The van der Waals surface area contributed by atoms with Crippen molar-refractivity contribution in [2.24, 2.45) is 11.7 Å². The summed E-state index contributed by atoms with van der Waals surface area (Å²) in [7, 11) is 0. The van der Waals surface area contributed by atoms with E-state index in [-0.39, 0.29) is 0 Å². The first-order chi connectivity index (χ1) is 9.29. The molecule has 0 saturated carbocycles. The van der Waals surface area contributed by atoms with Crippen molar-refractivity contribution in [3.05, 3.63) is 35.2 Å². The molecule has 0 radical (unpaired) electrons. The van der Waals surface area contributed by atoms with Gasteiger partial charge in [-0.25, -0.2) is 0 Å². The number of rotatable bonds is 3. The van der Waals surface area contributed by atoms with Crippen LogP contribution in [-0.4, -0.2) is 24.5 Å².